The lowest BCUT2D eigenvalue weighted by Crippen LogP contribution is -2.26. The maximum atomic E-state index is 12.3. The molecule has 0 aliphatic heterocycles. The van der Waals surface area contributed by atoms with Gasteiger partial charge in [0.25, 0.3) is 5.91 Å². The van der Waals surface area contributed by atoms with Gasteiger partial charge in [-0.25, -0.2) is 4.98 Å². The van der Waals surface area contributed by atoms with Crippen LogP contribution in [0.1, 0.15) is 16.2 Å². The fourth-order valence-electron chi connectivity index (χ4n) is 3.38. The molecule has 0 unspecified atom stereocenters. The summed E-state index contributed by atoms with van der Waals surface area (Å²) >= 11 is 0. The minimum atomic E-state index is -0.140. The van der Waals surface area contributed by atoms with Crippen LogP contribution < -0.4 is 14.8 Å². The van der Waals surface area contributed by atoms with Crippen LogP contribution in [-0.2, 0) is 13.0 Å². The van der Waals surface area contributed by atoms with Gasteiger partial charge in [-0.1, -0.05) is 12.1 Å². The first-order valence-corrected chi connectivity index (χ1v) is 10.1. The van der Waals surface area contributed by atoms with Crippen molar-refractivity contribution in [3.63, 3.8) is 0 Å². The number of nitrogens with zero attached hydrogens (tertiary/aromatic N) is 3. The molecule has 0 atom stereocenters. The maximum absolute atomic E-state index is 12.3. The maximum Gasteiger partial charge on any atom is 0.252 e. The molecule has 0 saturated carbocycles. The third-order valence-electron chi connectivity index (χ3n) is 4.93. The molecule has 1 amide bonds. The standard InChI is InChI=1S/C24H24N4O3/c1-30-19-8-10-20(11-9-19)31-16-15-28-22-7-3-2-6-21(22)27-23(28)12-14-26-24(29)18-5-4-13-25-17-18/h2-11,13,17H,12,14-16H2,1H3,(H,26,29). The Bertz CT molecular complexity index is 1140. The number of carbonyl (C=O) groups is 1. The number of aromatic nitrogens is 3. The molecule has 0 aliphatic rings. The second-order valence-electron chi connectivity index (χ2n) is 6.94. The van der Waals surface area contributed by atoms with Crippen LogP contribution in [0, 0.1) is 0 Å². The highest BCUT2D eigenvalue weighted by atomic mass is 16.5. The lowest BCUT2D eigenvalue weighted by molar-refractivity contribution is 0.0953. The summed E-state index contributed by atoms with van der Waals surface area (Å²) in [6.45, 7) is 1.64. The smallest absolute Gasteiger partial charge is 0.252 e. The van der Waals surface area contributed by atoms with E-state index in [1.165, 1.54) is 0 Å². The van der Waals surface area contributed by atoms with E-state index in [1.54, 1.807) is 31.6 Å². The van der Waals surface area contributed by atoms with Crippen molar-refractivity contribution in [2.75, 3.05) is 20.3 Å². The van der Waals surface area contributed by atoms with Gasteiger partial charge in [0.1, 0.15) is 23.9 Å². The van der Waals surface area contributed by atoms with Gasteiger partial charge in [-0.3, -0.25) is 9.78 Å². The Morgan fingerprint density at radius 1 is 1.03 bits per heavy atom. The van der Waals surface area contributed by atoms with E-state index in [2.05, 4.69) is 14.9 Å². The number of pyridine rings is 1. The topological polar surface area (TPSA) is 78.3 Å². The summed E-state index contributed by atoms with van der Waals surface area (Å²) in [6.07, 6.45) is 3.82. The lowest BCUT2D eigenvalue weighted by atomic mass is 10.2. The van der Waals surface area contributed by atoms with Gasteiger partial charge in [-0.15, -0.1) is 0 Å². The van der Waals surface area contributed by atoms with Crippen LogP contribution in [-0.4, -0.2) is 40.7 Å². The number of benzene rings is 2. The molecular weight excluding hydrogens is 392 g/mol. The van der Waals surface area contributed by atoms with E-state index in [0.717, 1.165) is 28.4 Å². The zero-order chi connectivity index (χ0) is 21.5. The van der Waals surface area contributed by atoms with Crippen LogP contribution in [0.2, 0.25) is 0 Å². The van der Waals surface area contributed by atoms with Crippen LogP contribution in [0.3, 0.4) is 0 Å². The highest BCUT2D eigenvalue weighted by molar-refractivity contribution is 5.93. The largest absolute Gasteiger partial charge is 0.497 e. The predicted molar refractivity (Wildman–Crippen MR) is 118 cm³/mol. The highest BCUT2D eigenvalue weighted by Gasteiger charge is 2.12. The van der Waals surface area contributed by atoms with E-state index < -0.39 is 0 Å². The van der Waals surface area contributed by atoms with E-state index in [9.17, 15) is 4.79 Å². The summed E-state index contributed by atoms with van der Waals surface area (Å²) in [5.74, 6) is 2.35. The minimum absolute atomic E-state index is 0.140. The van der Waals surface area contributed by atoms with Gasteiger partial charge in [0.05, 0.1) is 30.3 Å². The van der Waals surface area contributed by atoms with Crippen molar-refractivity contribution in [1.29, 1.82) is 0 Å². The van der Waals surface area contributed by atoms with Gasteiger partial charge in [-0.05, 0) is 48.5 Å². The number of rotatable bonds is 9. The van der Waals surface area contributed by atoms with Crippen LogP contribution >= 0.6 is 0 Å². The SMILES string of the molecule is COc1ccc(OCCn2c(CCNC(=O)c3cccnc3)nc3ccccc32)cc1. The van der Waals surface area contributed by atoms with Gasteiger partial charge in [0.15, 0.2) is 0 Å². The number of amides is 1. The van der Waals surface area contributed by atoms with Crippen LogP contribution in [0.15, 0.2) is 73.1 Å². The van der Waals surface area contributed by atoms with Crippen molar-refractivity contribution in [1.82, 2.24) is 19.9 Å². The Hall–Kier alpha value is -3.87. The Kier molecular flexibility index (Phi) is 6.42. The zero-order valence-electron chi connectivity index (χ0n) is 17.3. The monoisotopic (exact) mass is 416 g/mol. The number of hydrogen-bond acceptors (Lipinski definition) is 5. The molecule has 1 N–H and O–H groups in total. The number of para-hydroxylation sites is 2. The number of imidazole rings is 1. The van der Waals surface area contributed by atoms with Gasteiger partial charge >= 0.3 is 0 Å². The third-order valence-corrected chi connectivity index (χ3v) is 4.93. The second-order valence-corrected chi connectivity index (χ2v) is 6.94. The van der Waals surface area contributed by atoms with Crippen LogP contribution in [0.4, 0.5) is 0 Å². The summed E-state index contributed by atoms with van der Waals surface area (Å²) in [5.41, 5.74) is 2.53. The molecule has 0 saturated heterocycles. The molecule has 7 heteroatoms. The van der Waals surface area contributed by atoms with Crippen molar-refractivity contribution in [3.8, 4) is 11.5 Å². The van der Waals surface area contributed by atoms with Gasteiger partial charge in [0, 0.05) is 25.4 Å². The van der Waals surface area contributed by atoms with Gasteiger partial charge in [0.2, 0.25) is 0 Å². The molecule has 0 aliphatic carbocycles. The first-order chi connectivity index (χ1) is 15.2. The van der Waals surface area contributed by atoms with E-state index in [4.69, 9.17) is 14.5 Å². The Balaban J connectivity index is 1.41. The highest BCUT2D eigenvalue weighted by Crippen LogP contribution is 2.19. The Morgan fingerprint density at radius 3 is 2.61 bits per heavy atom. The molecule has 2 aromatic carbocycles. The van der Waals surface area contributed by atoms with Crippen molar-refractivity contribution in [2.45, 2.75) is 13.0 Å². The number of methoxy groups -OCH3 is 1. The molecule has 2 heterocycles. The second kappa shape index (κ2) is 9.75. The minimum Gasteiger partial charge on any atom is -0.497 e. The van der Waals surface area contributed by atoms with Crippen molar-refractivity contribution in [3.05, 3.63) is 84.4 Å². The molecule has 7 nitrogen and oxygen atoms in total. The zero-order valence-corrected chi connectivity index (χ0v) is 17.3. The van der Waals surface area contributed by atoms with Gasteiger partial charge < -0.3 is 19.4 Å². The number of fused-ring (bicyclic) bond motifs is 1. The molecule has 2 aromatic heterocycles. The molecule has 158 valence electrons. The molecule has 31 heavy (non-hydrogen) atoms. The summed E-state index contributed by atoms with van der Waals surface area (Å²) in [6, 6.07) is 19.0. The normalized spacial score (nSPS) is 10.7. The number of carbonyl (C=O) groups excluding carboxylic acids is 1. The molecule has 0 fully saturated rings. The fraction of sp³-hybridized carbons (Fsp3) is 0.208. The van der Waals surface area contributed by atoms with Crippen molar-refractivity contribution >= 4 is 16.9 Å². The van der Waals surface area contributed by atoms with E-state index in [1.807, 2.05) is 48.5 Å². The van der Waals surface area contributed by atoms with Crippen LogP contribution in [0.25, 0.3) is 11.0 Å². The number of ether oxygens (including phenoxy) is 2. The molecule has 4 aromatic rings. The molecule has 4 rings (SSSR count). The number of hydrogen-bond donors (Lipinski definition) is 1. The first-order valence-electron chi connectivity index (χ1n) is 10.1. The average Bonchev–Trinajstić information content (AvgIpc) is 3.17. The summed E-state index contributed by atoms with van der Waals surface area (Å²) in [5, 5.41) is 2.94. The molecule has 0 bridgehead atoms. The molecular formula is C24H24N4O3. The molecule has 0 spiro atoms. The number of nitrogens with one attached hydrogen (secondary N) is 1. The Morgan fingerprint density at radius 2 is 1.84 bits per heavy atom. The predicted octanol–water partition coefficient (Wildman–Crippen LogP) is 3.49. The summed E-state index contributed by atoms with van der Waals surface area (Å²) in [4.78, 5) is 21.0. The van der Waals surface area contributed by atoms with Crippen LogP contribution in [0.5, 0.6) is 11.5 Å². The summed E-state index contributed by atoms with van der Waals surface area (Å²) in [7, 11) is 1.64. The third kappa shape index (κ3) is 5.01. The first kappa shape index (κ1) is 20.4. The van der Waals surface area contributed by atoms with Crippen molar-refractivity contribution < 1.29 is 14.3 Å². The van der Waals surface area contributed by atoms with E-state index in [0.29, 0.717) is 31.7 Å². The quantitative estimate of drug-likeness (QED) is 0.452. The molecule has 0 radical (unpaired) electrons. The average molecular weight is 416 g/mol. The fourth-order valence-corrected chi connectivity index (χ4v) is 3.38. The Labute approximate surface area is 180 Å². The lowest BCUT2D eigenvalue weighted by Gasteiger charge is -2.12. The summed E-state index contributed by atoms with van der Waals surface area (Å²) < 4.78 is 13.2. The van der Waals surface area contributed by atoms with Crippen molar-refractivity contribution in [2.24, 2.45) is 0 Å². The van der Waals surface area contributed by atoms with E-state index in [-0.39, 0.29) is 5.91 Å². The van der Waals surface area contributed by atoms with Gasteiger partial charge in [-0.2, -0.15) is 0 Å². The van der Waals surface area contributed by atoms with E-state index >= 15 is 0 Å².